The van der Waals surface area contributed by atoms with E-state index in [0.29, 0.717) is 6.42 Å². The molecule has 17 heavy (non-hydrogen) atoms. The van der Waals surface area contributed by atoms with Crippen LogP contribution in [0.5, 0.6) is 0 Å². The SMILES string of the molecule is C=CN(C)C(=O)CCCCCCCCCCC. The fourth-order valence-electron chi connectivity index (χ4n) is 1.87. The van der Waals surface area contributed by atoms with Crippen LogP contribution in [0.1, 0.15) is 71.1 Å². The summed E-state index contributed by atoms with van der Waals surface area (Å²) in [7, 11) is 1.77. The van der Waals surface area contributed by atoms with Crippen molar-refractivity contribution in [2.75, 3.05) is 7.05 Å². The number of unbranched alkanes of at least 4 members (excludes halogenated alkanes) is 8. The van der Waals surface area contributed by atoms with Gasteiger partial charge in [0.25, 0.3) is 0 Å². The molecule has 0 aliphatic rings. The predicted molar refractivity (Wildman–Crippen MR) is 74.8 cm³/mol. The second kappa shape index (κ2) is 11.7. The standard InChI is InChI=1S/C15H29NO/c1-4-6-7-8-9-10-11-12-13-14-15(17)16(3)5-2/h5H,2,4,6-14H2,1,3H3. The lowest BCUT2D eigenvalue weighted by atomic mass is 10.1. The van der Waals surface area contributed by atoms with Crippen molar-refractivity contribution in [3.05, 3.63) is 12.8 Å². The Kier molecular flexibility index (Phi) is 11.1. The van der Waals surface area contributed by atoms with Crippen LogP contribution in [0.3, 0.4) is 0 Å². The number of amides is 1. The molecule has 100 valence electrons. The van der Waals surface area contributed by atoms with Crippen molar-refractivity contribution < 1.29 is 4.79 Å². The zero-order valence-corrected chi connectivity index (χ0v) is 11.7. The van der Waals surface area contributed by atoms with E-state index in [-0.39, 0.29) is 5.91 Å². The van der Waals surface area contributed by atoms with Gasteiger partial charge in [-0.05, 0) is 12.6 Å². The van der Waals surface area contributed by atoms with E-state index in [1.54, 1.807) is 18.1 Å². The normalized spacial score (nSPS) is 10.2. The van der Waals surface area contributed by atoms with Gasteiger partial charge in [-0.2, -0.15) is 0 Å². The first-order chi connectivity index (χ1) is 8.22. The first kappa shape index (κ1) is 16.2. The Morgan fingerprint density at radius 3 is 1.94 bits per heavy atom. The van der Waals surface area contributed by atoms with Gasteiger partial charge in [0.05, 0.1) is 0 Å². The second-order valence-corrected chi connectivity index (χ2v) is 4.77. The summed E-state index contributed by atoms with van der Waals surface area (Å²) in [6.07, 6.45) is 13.9. The molecule has 0 rings (SSSR count). The number of hydrogen-bond acceptors (Lipinski definition) is 1. The molecule has 0 saturated carbocycles. The molecule has 0 aromatic rings. The zero-order chi connectivity index (χ0) is 12.9. The van der Waals surface area contributed by atoms with Crippen LogP contribution in [0.25, 0.3) is 0 Å². The van der Waals surface area contributed by atoms with E-state index >= 15 is 0 Å². The number of carbonyl (C=O) groups excluding carboxylic acids is 1. The van der Waals surface area contributed by atoms with Crippen molar-refractivity contribution >= 4 is 5.91 Å². The highest BCUT2D eigenvalue weighted by atomic mass is 16.2. The van der Waals surface area contributed by atoms with Gasteiger partial charge in [-0.15, -0.1) is 0 Å². The fourth-order valence-corrected chi connectivity index (χ4v) is 1.87. The molecule has 0 N–H and O–H groups in total. The molecule has 0 atom stereocenters. The van der Waals surface area contributed by atoms with Gasteiger partial charge in [0.1, 0.15) is 0 Å². The topological polar surface area (TPSA) is 20.3 Å². The minimum absolute atomic E-state index is 0.183. The van der Waals surface area contributed by atoms with Crippen molar-refractivity contribution in [1.82, 2.24) is 4.90 Å². The van der Waals surface area contributed by atoms with Gasteiger partial charge in [-0.25, -0.2) is 0 Å². The third-order valence-corrected chi connectivity index (χ3v) is 3.16. The van der Waals surface area contributed by atoms with Crippen LogP contribution >= 0.6 is 0 Å². The Morgan fingerprint density at radius 1 is 1.00 bits per heavy atom. The maximum Gasteiger partial charge on any atom is 0.226 e. The van der Waals surface area contributed by atoms with E-state index in [0.717, 1.165) is 6.42 Å². The average molecular weight is 239 g/mol. The Bertz CT molecular complexity index is 201. The van der Waals surface area contributed by atoms with Gasteiger partial charge >= 0.3 is 0 Å². The van der Waals surface area contributed by atoms with Crippen molar-refractivity contribution in [3.8, 4) is 0 Å². The largest absolute Gasteiger partial charge is 0.323 e. The lowest BCUT2D eigenvalue weighted by Crippen LogP contribution is -2.19. The Morgan fingerprint density at radius 2 is 1.47 bits per heavy atom. The lowest BCUT2D eigenvalue weighted by Gasteiger charge is -2.10. The van der Waals surface area contributed by atoms with E-state index < -0.39 is 0 Å². The summed E-state index contributed by atoms with van der Waals surface area (Å²) < 4.78 is 0. The van der Waals surface area contributed by atoms with Gasteiger partial charge in [0, 0.05) is 13.5 Å². The summed E-state index contributed by atoms with van der Waals surface area (Å²) in [5, 5.41) is 0. The monoisotopic (exact) mass is 239 g/mol. The highest BCUT2D eigenvalue weighted by Gasteiger charge is 2.03. The van der Waals surface area contributed by atoms with Crippen molar-refractivity contribution in [1.29, 1.82) is 0 Å². The molecular formula is C15H29NO. The molecule has 0 unspecified atom stereocenters. The molecular weight excluding hydrogens is 210 g/mol. The van der Waals surface area contributed by atoms with Crippen LogP contribution < -0.4 is 0 Å². The van der Waals surface area contributed by atoms with E-state index in [1.807, 2.05) is 0 Å². The van der Waals surface area contributed by atoms with Crippen LogP contribution in [0.4, 0.5) is 0 Å². The van der Waals surface area contributed by atoms with Crippen LogP contribution in [-0.2, 0) is 4.79 Å². The van der Waals surface area contributed by atoms with Crippen LogP contribution in [-0.4, -0.2) is 17.9 Å². The van der Waals surface area contributed by atoms with Gasteiger partial charge in [0.15, 0.2) is 0 Å². The number of hydrogen-bond donors (Lipinski definition) is 0. The van der Waals surface area contributed by atoms with Crippen molar-refractivity contribution in [2.45, 2.75) is 71.1 Å². The minimum atomic E-state index is 0.183. The molecule has 0 bridgehead atoms. The Hall–Kier alpha value is -0.790. The van der Waals surface area contributed by atoms with Crippen LogP contribution in [0.2, 0.25) is 0 Å². The number of carbonyl (C=O) groups is 1. The molecule has 0 fully saturated rings. The van der Waals surface area contributed by atoms with Crippen LogP contribution in [0.15, 0.2) is 12.8 Å². The van der Waals surface area contributed by atoms with E-state index in [2.05, 4.69) is 13.5 Å². The number of nitrogens with zero attached hydrogens (tertiary/aromatic N) is 1. The number of rotatable bonds is 11. The average Bonchev–Trinajstić information content (AvgIpc) is 2.35. The van der Waals surface area contributed by atoms with E-state index in [9.17, 15) is 4.79 Å². The lowest BCUT2D eigenvalue weighted by molar-refractivity contribution is -0.127. The summed E-state index contributed by atoms with van der Waals surface area (Å²) in [5.41, 5.74) is 0. The molecule has 1 amide bonds. The smallest absolute Gasteiger partial charge is 0.226 e. The highest BCUT2D eigenvalue weighted by molar-refractivity contribution is 5.76. The molecule has 0 saturated heterocycles. The van der Waals surface area contributed by atoms with Crippen LogP contribution in [0, 0.1) is 0 Å². The molecule has 0 heterocycles. The molecule has 0 aliphatic carbocycles. The van der Waals surface area contributed by atoms with Gasteiger partial charge in [-0.3, -0.25) is 4.79 Å². The Labute approximate surface area is 107 Å². The highest BCUT2D eigenvalue weighted by Crippen LogP contribution is 2.10. The van der Waals surface area contributed by atoms with Crippen molar-refractivity contribution in [3.63, 3.8) is 0 Å². The van der Waals surface area contributed by atoms with E-state index in [4.69, 9.17) is 0 Å². The second-order valence-electron chi connectivity index (χ2n) is 4.77. The molecule has 0 aliphatic heterocycles. The fraction of sp³-hybridized carbons (Fsp3) is 0.800. The molecule has 0 aromatic carbocycles. The third kappa shape index (κ3) is 10.1. The summed E-state index contributed by atoms with van der Waals surface area (Å²) in [5.74, 6) is 0.183. The third-order valence-electron chi connectivity index (χ3n) is 3.16. The maximum atomic E-state index is 11.4. The van der Waals surface area contributed by atoms with Gasteiger partial charge in [0.2, 0.25) is 5.91 Å². The Balaban J connectivity index is 3.18. The summed E-state index contributed by atoms with van der Waals surface area (Å²) in [6.45, 7) is 5.83. The zero-order valence-electron chi connectivity index (χ0n) is 11.7. The predicted octanol–water partition coefficient (Wildman–Crippen LogP) is 4.51. The molecule has 0 radical (unpaired) electrons. The van der Waals surface area contributed by atoms with Crippen molar-refractivity contribution in [2.24, 2.45) is 0 Å². The first-order valence-corrected chi connectivity index (χ1v) is 7.10. The summed E-state index contributed by atoms with van der Waals surface area (Å²) >= 11 is 0. The molecule has 2 heteroatoms. The summed E-state index contributed by atoms with van der Waals surface area (Å²) in [4.78, 5) is 13.0. The van der Waals surface area contributed by atoms with Gasteiger partial charge in [-0.1, -0.05) is 64.9 Å². The van der Waals surface area contributed by atoms with Gasteiger partial charge < -0.3 is 4.90 Å². The minimum Gasteiger partial charge on any atom is -0.323 e. The quantitative estimate of drug-likeness (QED) is 0.486. The molecule has 2 nitrogen and oxygen atoms in total. The molecule has 0 aromatic heterocycles. The summed E-state index contributed by atoms with van der Waals surface area (Å²) in [6, 6.07) is 0. The van der Waals surface area contributed by atoms with E-state index in [1.165, 1.54) is 51.4 Å². The maximum absolute atomic E-state index is 11.4. The molecule has 0 spiro atoms. The first-order valence-electron chi connectivity index (χ1n) is 7.10.